The fourth-order valence-corrected chi connectivity index (χ4v) is 3.20. The van der Waals surface area contributed by atoms with E-state index in [4.69, 9.17) is 0 Å². The highest BCUT2D eigenvalue weighted by molar-refractivity contribution is 7.87. The summed E-state index contributed by atoms with van der Waals surface area (Å²) in [7, 11) is -5.77. The highest BCUT2D eigenvalue weighted by Gasteiger charge is 2.51. The summed E-state index contributed by atoms with van der Waals surface area (Å²) in [5, 5.41) is 0. The molecule has 2 rings (SSSR count). The molecular formula is C12H14F3NO5S. The van der Waals surface area contributed by atoms with Crippen LogP contribution in [0.4, 0.5) is 18.0 Å². The van der Waals surface area contributed by atoms with Crippen molar-refractivity contribution in [3.05, 3.63) is 24.7 Å². The molecule has 2 aliphatic heterocycles. The number of alkyl halides is 3. The molecule has 2 bridgehead atoms. The second-order valence-corrected chi connectivity index (χ2v) is 6.41. The van der Waals surface area contributed by atoms with Gasteiger partial charge in [0.2, 0.25) is 0 Å². The third kappa shape index (κ3) is 3.06. The van der Waals surface area contributed by atoms with E-state index in [1.165, 1.54) is 11.0 Å². The Morgan fingerprint density at radius 3 is 2.64 bits per heavy atom. The largest absolute Gasteiger partial charge is 0.534 e. The van der Waals surface area contributed by atoms with E-state index in [0.717, 1.165) is 6.26 Å². The molecule has 10 heteroatoms. The normalized spacial score (nSPS) is 25.2. The van der Waals surface area contributed by atoms with Gasteiger partial charge in [0.1, 0.15) is 5.76 Å². The number of amides is 1. The van der Waals surface area contributed by atoms with E-state index < -0.39 is 33.5 Å². The molecule has 2 unspecified atom stereocenters. The number of hydrogen-bond donors (Lipinski definition) is 0. The maximum atomic E-state index is 12.4. The van der Waals surface area contributed by atoms with Gasteiger partial charge in [-0.1, -0.05) is 6.58 Å². The molecule has 124 valence electrons. The summed E-state index contributed by atoms with van der Waals surface area (Å²) in [6.07, 6.45) is 3.02. The fraction of sp³-hybridized carbons (Fsp3) is 0.583. The Morgan fingerprint density at radius 2 is 2.05 bits per heavy atom. The van der Waals surface area contributed by atoms with Gasteiger partial charge in [0.25, 0.3) is 0 Å². The first kappa shape index (κ1) is 16.7. The van der Waals surface area contributed by atoms with Gasteiger partial charge in [-0.15, -0.1) is 0 Å². The third-order valence-corrected chi connectivity index (χ3v) is 4.54. The highest BCUT2D eigenvalue weighted by atomic mass is 32.2. The van der Waals surface area contributed by atoms with Crippen molar-refractivity contribution in [2.75, 3.05) is 0 Å². The van der Waals surface area contributed by atoms with Crippen LogP contribution in [0.2, 0.25) is 0 Å². The number of allylic oxidation sites excluding steroid dienone is 1. The van der Waals surface area contributed by atoms with Crippen molar-refractivity contribution >= 4 is 16.2 Å². The Bertz CT molecular complexity index is 598. The number of halogens is 3. The Labute approximate surface area is 125 Å². The number of fused-ring (bicyclic) bond motifs is 2. The first-order valence-electron chi connectivity index (χ1n) is 6.48. The molecule has 2 aliphatic rings. The zero-order valence-electron chi connectivity index (χ0n) is 11.4. The summed E-state index contributed by atoms with van der Waals surface area (Å²) < 4.78 is 68.6. The van der Waals surface area contributed by atoms with Crippen molar-refractivity contribution in [3.8, 4) is 0 Å². The standard InChI is InChI=1S/C12H14F3NO5S/c1-2-20-11(17)16-8-4-3-5-10(9(16)7-6-8)21-22(18,19)12(13,14)15/h2,5,8-9H,1,3-4,6-7H2. The molecule has 1 saturated heterocycles. The number of carbonyl (C=O) groups is 1. The third-order valence-electron chi connectivity index (χ3n) is 3.56. The van der Waals surface area contributed by atoms with Crippen molar-refractivity contribution in [1.82, 2.24) is 4.90 Å². The number of hydrogen-bond acceptors (Lipinski definition) is 5. The minimum Gasteiger partial charge on any atom is -0.419 e. The van der Waals surface area contributed by atoms with Gasteiger partial charge in [0.05, 0.1) is 12.3 Å². The van der Waals surface area contributed by atoms with Crippen molar-refractivity contribution in [2.24, 2.45) is 0 Å². The van der Waals surface area contributed by atoms with E-state index >= 15 is 0 Å². The zero-order valence-corrected chi connectivity index (χ0v) is 12.2. The molecule has 0 aromatic rings. The van der Waals surface area contributed by atoms with E-state index in [9.17, 15) is 26.4 Å². The lowest BCUT2D eigenvalue weighted by molar-refractivity contribution is -0.0527. The maximum absolute atomic E-state index is 12.4. The lowest BCUT2D eigenvalue weighted by Gasteiger charge is -2.27. The Morgan fingerprint density at radius 1 is 1.36 bits per heavy atom. The second kappa shape index (κ2) is 5.82. The number of rotatable bonds is 3. The van der Waals surface area contributed by atoms with Crippen LogP contribution >= 0.6 is 0 Å². The van der Waals surface area contributed by atoms with Crippen LogP contribution < -0.4 is 0 Å². The minimum atomic E-state index is -5.77. The summed E-state index contributed by atoms with van der Waals surface area (Å²) in [6, 6.07) is -1.12. The molecule has 2 atom stereocenters. The number of carbonyl (C=O) groups excluding carboxylic acids is 1. The molecule has 0 radical (unpaired) electrons. The van der Waals surface area contributed by atoms with Gasteiger partial charge in [-0.25, -0.2) is 4.79 Å². The lowest BCUT2D eigenvalue weighted by Crippen LogP contribution is -2.42. The van der Waals surface area contributed by atoms with Crippen LogP contribution in [0.3, 0.4) is 0 Å². The predicted octanol–water partition coefficient (Wildman–Crippen LogP) is 2.64. The van der Waals surface area contributed by atoms with Crippen LogP contribution in [0.15, 0.2) is 24.7 Å². The Hall–Kier alpha value is -1.71. The van der Waals surface area contributed by atoms with Crippen LogP contribution in [0.5, 0.6) is 0 Å². The molecular weight excluding hydrogens is 327 g/mol. The van der Waals surface area contributed by atoms with Crippen molar-refractivity contribution in [3.63, 3.8) is 0 Å². The first-order chi connectivity index (χ1) is 10.2. The minimum absolute atomic E-state index is 0.233. The maximum Gasteiger partial charge on any atom is 0.534 e. The van der Waals surface area contributed by atoms with Gasteiger partial charge in [-0.3, -0.25) is 4.90 Å². The van der Waals surface area contributed by atoms with Crippen molar-refractivity contribution in [2.45, 2.75) is 43.3 Å². The first-order valence-corrected chi connectivity index (χ1v) is 7.89. The molecule has 0 aliphatic carbocycles. The lowest BCUT2D eigenvalue weighted by atomic mass is 10.1. The second-order valence-electron chi connectivity index (χ2n) is 4.87. The quantitative estimate of drug-likeness (QED) is 0.448. The molecule has 1 amide bonds. The van der Waals surface area contributed by atoms with Crippen molar-refractivity contribution < 1.29 is 35.3 Å². The highest BCUT2D eigenvalue weighted by Crippen LogP contribution is 2.38. The summed E-state index contributed by atoms with van der Waals surface area (Å²) in [5.74, 6) is -0.390. The molecule has 0 N–H and O–H groups in total. The van der Waals surface area contributed by atoms with E-state index in [1.54, 1.807) is 0 Å². The van der Waals surface area contributed by atoms with Gasteiger partial charge in [-0.05, 0) is 31.8 Å². The molecule has 0 aromatic heterocycles. The monoisotopic (exact) mass is 341 g/mol. The number of ether oxygens (including phenoxy) is 1. The summed E-state index contributed by atoms with van der Waals surface area (Å²) >= 11 is 0. The number of nitrogens with zero attached hydrogens (tertiary/aromatic N) is 1. The van der Waals surface area contributed by atoms with Gasteiger partial charge in [-0.2, -0.15) is 21.6 Å². The van der Waals surface area contributed by atoms with Gasteiger partial charge in [0.15, 0.2) is 0 Å². The predicted molar refractivity (Wildman–Crippen MR) is 68.7 cm³/mol. The summed E-state index contributed by atoms with van der Waals surface area (Å²) in [4.78, 5) is 13.1. The summed E-state index contributed by atoms with van der Waals surface area (Å²) in [5.41, 5.74) is -5.52. The molecule has 0 saturated carbocycles. The van der Waals surface area contributed by atoms with Crippen LogP contribution in [0.1, 0.15) is 25.7 Å². The summed E-state index contributed by atoms with van der Waals surface area (Å²) in [6.45, 7) is 3.24. The molecule has 22 heavy (non-hydrogen) atoms. The zero-order chi connectivity index (χ0) is 16.5. The Balaban J connectivity index is 2.27. The van der Waals surface area contributed by atoms with E-state index in [0.29, 0.717) is 25.7 Å². The van der Waals surface area contributed by atoms with E-state index in [1.807, 2.05) is 0 Å². The topological polar surface area (TPSA) is 72.9 Å². The van der Waals surface area contributed by atoms with Crippen LogP contribution in [-0.2, 0) is 19.0 Å². The molecule has 6 nitrogen and oxygen atoms in total. The SMILES string of the molecule is C=COC(=O)N1C2CCC=C(OS(=O)(=O)C(F)(F)F)C1CC2. The van der Waals surface area contributed by atoms with E-state index in [-0.39, 0.29) is 6.04 Å². The van der Waals surface area contributed by atoms with Gasteiger partial charge in [0, 0.05) is 6.04 Å². The average Bonchev–Trinajstić information content (AvgIpc) is 2.71. The molecule has 0 aromatic carbocycles. The van der Waals surface area contributed by atoms with E-state index in [2.05, 4.69) is 15.5 Å². The van der Waals surface area contributed by atoms with Gasteiger partial charge >= 0.3 is 21.7 Å². The van der Waals surface area contributed by atoms with Gasteiger partial charge < -0.3 is 8.92 Å². The van der Waals surface area contributed by atoms with Crippen LogP contribution in [0.25, 0.3) is 0 Å². The Kier molecular flexibility index (Phi) is 4.41. The van der Waals surface area contributed by atoms with Crippen LogP contribution in [0, 0.1) is 0 Å². The smallest absolute Gasteiger partial charge is 0.419 e. The molecule has 2 heterocycles. The fourth-order valence-electron chi connectivity index (χ4n) is 2.67. The van der Waals surface area contributed by atoms with Crippen molar-refractivity contribution in [1.29, 1.82) is 0 Å². The molecule has 0 spiro atoms. The molecule has 1 fully saturated rings. The average molecular weight is 341 g/mol. The van der Waals surface area contributed by atoms with Crippen LogP contribution in [-0.4, -0.2) is 37.0 Å².